The van der Waals surface area contributed by atoms with Crippen LogP contribution in [-0.2, 0) is 22.4 Å². The predicted octanol–water partition coefficient (Wildman–Crippen LogP) is 3.68. The van der Waals surface area contributed by atoms with Crippen LogP contribution in [0.2, 0.25) is 5.02 Å². The van der Waals surface area contributed by atoms with E-state index in [1.54, 1.807) is 11.3 Å². The largest absolute Gasteiger partial charge is 0.353 e. The number of thiophene rings is 1. The maximum Gasteiger partial charge on any atom is 0.225 e. The minimum absolute atomic E-state index is 0.0694. The molecule has 1 fully saturated rings. The summed E-state index contributed by atoms with van der Waals surface area (Å²) >= 11 is 7.48. The molecule has 0 aliphatic carbocycles. The number of carbonyl (C=O) groups excluding carboxylic acids is 2. The standard InChI is InChI=1S/C20H23ClN2O2S/c21-16-6-3-15(4-7-16)5-8-20(25)23-11-9-17(10-12-23)22-19(24)14-18-2-1-13-26-18/h1-4,6-7,13,17H,5,8-12,14H2,(H,22,24). The average Bonchev–Trinajstić information content (AvgIpc) is 3.14. The lowest BCUT2D eigenvalue weighted by Gasteiger charge is -2.32. The van der Waals surface area contributed by atoms with Crippen molar-refractivity contribution in [3.8, 4) is 0 Å². The van der Waals surface area contributed by atoms with Crippen LogP contribution in [0.1, 0.15) is 29.7 Å². The van der Waals surface area contributed by atoms with Crippen molar-refractivity contribution in [3.05, 3.63) is 57.2 Å². The Hall–Kier alpha value is -1.85. The lowest BCUT2D eigenvalue weighted by atomic mass is 10.0. The van der Waals surface area contributed by atoms with Crippen LogP contribution in [0.5, 0.6) is 0 Å². The van der Waals surface area contributed by atoms with E-state index in [9.17, 15) is 9.59 Å². The van der Waals surface area contributed by atoms with E-state index >= 15 is 0 Å². The van der Waals surface area contributed by atoms with Gasteiger partial charge < -0.3 is 10.2 Å². The number of likely N-dealkylation sites (tertiary alicyclic amines) is 1. The fourth-order valence-corrected chi connectivity index (χ4v) is 4.01. The highest BCUT2D eigenvalue weighted by Gasteiger charge is 2.23. The number of nitrogens with one attached hydrogen (secondary N) is 1. The number of nitrogens with zero attached hydrogens (tertiary/aromatic N) is 1. The van der Waals surface area contributed by atoms with E-state index in [1.807, 2.05) is 46.7 Å². The number of halogens is 1. The Morgan fingerprint density at radius 1 is 1.15 bits per heavy atom. The van der Waals surface area contributed by atoms with Crippen LogP contribution >= 0.6 is 22.9 Å². The summed E-state index contributed by atoms with van der Waals surface area (Å²) in [6.07, 6.45) is 3.33. The van der Waals surface area contributed by atoms with Gasteiger partial charge in [0.15, 0.2) is 0 Å². The Bertz CT molecular complexity index is 723. The second kappa shape index (κ2) is 9.19. The zero-order chi connectivity index (χ0) is 18.4. The highest BCUT2D eigenvalue weighted by Crippen LogP contribution is 2.15. The van der Waals surface area contributed by atoms with Crippen LogP contribution in [0, 0.1) is 0 Å². The first kappa shape index (κ1) is 18.9. The van der Waals surface area contributed by atoms with E-state index in [1.165, 1.54) is 0 Å². The van der Waals surface area contributed by atoms with Crippen LogP contribution in [-0.4, -0.2) is 35.8 Å². The van der Waals surface area contributed by atoms with Crippen molar-refractivity contribution in [2.24, 2.45) is 0 Å². The molecule has 26 heavy (non-hydrogen) atoms. The maximum absolute atomic E-state index is 12.4. The van der Waals surface area contributed by atoms with Gasteiger partial charge in [-0.2, -0.15) is 0 Å². The number of hydrogen-bond donors (Lipinski definition) is 1. The summed E-state index contributed by atoms with van der Waals surface area (Å²) in [5.41, 5.74) is 1.12. The second-order valence-corrected chi connectivity index (χ2v) is 8.07. The molecule has 0 atom stereocenters. The molecule has 1 aromatic carbocycles. The number of amides is 2. The highest BCUT2D eigenvalue weighted by molar-refractivity contribution is 7.10. The smallest absolute Gasteiger partial charge is 0.225 e. The van der Waals surface area contributed by atoms with Crippen molar-refractivity contribution >= 4 is 34.8 Å². The number of aryl methyl sites for hydroxylation is 1. The molecule has 3 rings (SSSR count). The molecule has 4 nitrogen and oxygen atoms in total. The first-order valence-electron chi connectivity index (χ1n) is 8.94. The molecule has 6 heteroatoms. The van der Waals surface area contributed by atoms with Crippen LogP contribution in [0.15, 0.2) is 41.8 Å². The SMILES string of the molecule is O=C(Cc1cccs1)NC1CCN(C(=O)CCc2ccc(Cl)cc2)CC1. The van der Waals surface area contributed by atoms with E-state index in [0.29, 0.717) is 31.0 Å². The van der Waals surface area contributed by atoms with E-state index < -0.39 is 0 Å². The Labute approximate surface area is 163 Å². The summed E-state index contributed by atoms with van der Waals surface area (Å²) in [5.74, 6) is 0.253. The Balaban J connectivity index is 1.38. The third-order valence-electron chi connectivity index (χ3n) is 4.67. The maximum atomic E-state index is 12.4. The topological polar surface area (TPSA) is 49.4 Å². The van der Waals surface area contributed by atoms with Gasteiger partial charge >= 0.3 is 0 Å². The molecule has 0 unspecified atom stereocenters. The van der Waals surface area contributed by atoms with Crippen molar-refractivity contribution in [1.82, 2.24) is 10.2 Å². The summed E-state index contributed by atoms with van der Waals surface area (Å²) in [7, 11) is 0. The molecule has 2 amide bonds. The molecule has 1 aliphatic heterocycles. The highest BCUT2D eigenvalue weighted by atomic mass is 35.5. The third kappa shape index (κ3) is 5.58. The number of benzene rings is 1. The molecule has 2 heterocycles. The number of carbonyl (C=O) groups is 2. The van der Waals surface area contributed by atoms with Crippen LogP contribution < -0.4 is 5.32 Å². The van der Waals surface area contributed by atoms with Gasteiger partial charge in [0.05, 0.1) is 6.42 Å². The molecule has 0 radical (unpaired) electrons. The normalized spacial score (nSPS) is 15.0. The Morgan fingerprint density at radius 2 is 1.88 bits per heavy atom. The van der Waals surface area contributed by atoms with Crippen molar-refractivity contribution in [2.75, 3.05) is 13.1 Å². The van der Waals surface area contributed by atoms with E-state index in [0.717, 1.165) is 29.7 Å². The van der Waals surface area contributed by atoms with Gasteiger partial charge in [0.1, 0.15) is 0 Å². The molecule has 1 N–H and O–H groups in total. The van der Waals surface area contributed by atoms with Crippen molar-refractivity contribution in [1.29, 1.82) is 0 Å². The lowest BCUT2D eigenvalue weighted by Crippen LogP contribution is -2.46. The summed E-state index contributed by atoms with van der Waals surface area (Å²) in [6, 6.07) is 11.7. The number of hydrogen-bond acceptors (Lipinski definition) is 3. The van der Waals surface area contributed by atoms with Gasteiger partial charge in [-0.3, -0.25) is 9.59 Å². The molecule has 0 saturated carbocycles. The van der Waals surface area contributed by atoms with E-state index in [2.05, 4.69) is 5.32 Å². The molecule has 2 aromatic rings. The fourth-order valence-electron chi connectivity index (χ4n) is 3.18. The first-order chi connectivity index (χ1) is 12.6. The minimum atomic E-state index is 0.0694. The molecular formula is C20H23ClN2O2S. The van der Waals surface area contributed by atoms with Crippen molar-refractivity contribution < 1.29 is 9.59 Å². The zero-order valence-electron chi connectivity index (χ0n) is 14.6. The van der Waals surface area contributed by atoms with E-state index in [-0.39, 0.29) is 17.9 Å². The molecule has 1 aliphatic rings. The van der Waals surface area contributed by atoms with Gasteiger partial charge in [0.25, 0.3) is 0 Å². The Kier molecular flexibility index (Phi) is 6.69. The molecule has 1 aromatic heterocycles. The van der Waals surface area contributed by atoms with Crippen molar-refractivity contribution in [2.45, 2.75) is 38.1 Å². The zero-order valence-corrected chi connectivity index (χ0v) is 16.2. The van der Waals surface area contributed by atoms with Gasteiger partial charge in [-0.25, -0.2) is 0 Å². The summed E-state index contributed by atoms with van der Waals surface area (Å²) in [4.78, 5) is 27.5. The summed E-state index contributed by atoms with van der Waals surface area (Å²) in [6.45, 7) is 1.42. The van der Waals surface area contributed by atoms with Gasteiger partial charge in [0.2, 0.25) is 11.8 Å². The third-order valence-corrected chi connectivity index (χ3v) is 5.80. The van der Waals surface area contributed by atoms with Crippen LogP contribution in [0.3, 0.4) is 0 Å². The molecule has 0 spiro atoms. The summed E-state index contributed by atoms with van der Waals surface area (Å²) < 4.78 is 0. The molecular weight excluding hydrogens is 368 g/mol. The monoisotopic (exact) mass is 390 g/mol. The quantitative estimate of drug-likeness (QED) is 0.817. The van der Waals surface area contributed by atoms with Crippen molar-refractivity contribution in [3.63, 3.8) is 0 Å². The second-order valence-electron chi connectivity index (χ2n) is 6.61. The molecule has 0 bridgehead atoms. The van der Waals surface area contributed by atoms with Gasteiger partial charge in [-0.05, 0) is 48.4 Å². The predicted molar refractivity (Wildman–Crippen MR) is 106 cm³/mol. The fraction of sp³-hybridized carbons (Fsp3) is 0.400. The van der Waals surface area contributed by atoms with E-state index in [4.69, 9.17) is 11.6 Å². The van der Waals surface area contributed by atoms with Gasteiger partial charge in [-0.15, -0.1) is 11.3 Å². The lowest BCUT2D eigenvalue weighted by molar-refractivity contribution is -0.132. The molecule has 1 saturated heterocycles. The van der Waals surface area contributed by atoms with Gasteiger partial charge in [-0.1, -0.05) is 29.8 Å². The number of piperidine rings is 1. The number of rotatable bonds is 6. The Morgan fingerprint density at radius 3 is 2.54 bits per heavy atom. The minimum Gasteiger partial charge on any atom is -0.353 e. The average molecular weight is 391 g/mol. The van der Waals surface area contributed by atoms with Gasteiger partial charge in [0, 0.05) is 35.5 Å². The van der Waals surface area contributed by atoms with Crippen LogP contribution in [0.25, 0.3) is 0 Å². The summed E-state index contributed by atoms with van der Waals surface area (Å²) in [5, 5.41) is 5.79. The van der Waals surface area contributed by atoms with Crippen LogP contribution in [0.4, 0.5) is 0 Å². The molecule has 138 valence electrons. The first-order valence-corrected chi connectivity index (χ1v) is 10.2.